The lowest BCUT2D eigenvalue weighted by atomic mass is 10.2. The second-order valence-corrected chi connectivity index (χ2v) is 3.34. The summed E-state index contributed by atoms with van der Waals surface area (Å²) in [5, 5.41) is 2.61. The zero-order valence-corrected chi connectivity index (χ0v) is 8.25. The molecule has 1 aliphatic rings. The third kappa shape index (κ3) is 2.16. The molecule has 1 fully saturated rings. The van der Waals surface area contributed by atoms with E-state index in [4.69, 9.17) is 11.6 Å². The van der Waals surface area contributed by atoms with Gasteiger partial charge in [0, 0.05) is 5.02 Å². The molecule has 76 valence electrons. The van der Waals surface area contributed by atoms with Crippen molar-refractivity contribution in [2.75, 3.05) is 0 Å². The lowest BCUT2D eigenvalue weighted by molar-refractivity contribution is -0.116. The zero-order valence-electron chi connectivity index (χ0n) is 7.49. The number of ether oxygens (including phenoxy) is 1. The molecule has 1 aromatic rings. The summed E-state index contributed by atoms with van der Waals surface area (Å²) >= 11 is 5.69. The zero-order chi connectivity index (χ0) is 10.8. The Bertz CT molecular complexity index is 450. The summed E-state index contributed by atoms with van der Waals surface area (Å²) in [4.78, 5) is 21.8. The van der Waals surface area contributed by atoms with Crippen LogP contribution in [0.25, 0.3) is 6.08 Å². The minimum atomic E-state index is -0.750. The predicted octanol–water partition coefficient (Wildman–Crippen LogP) is 1.95. The van der Waals surface area contributed by atoms with Crippen LogP contribution in [0.5, 0.6) is 0 Å². The number of halogens is 1. The Morgan fingerprint density at radius 3 is 2.40 bits per heavy atom. The molecule has 1 N–H and O–H groups in total. The van der Waals surface area contributed by atoms with Crippen LogP contribution in [0, 0.1) is 0 Å². The normalized spacial score (nSPS) is 17.8. The highest BCUT2D eigenvalue weighted by molar-refractivity contribution is 6.30. The number of amides is 2. The first-order chi connectivity index (χ1) is 7.15. The first-order valence-corrected chi connectivity index (χ1v) is 4.53. The molecule has 5 heteroatoms. The van der Waals surface area contributed by atoms with Crippen molar-refractivity contribution in [2.24, 2.45) is 0 Å². The van der Waals surface area contributed by atoms with Crippen LogP contribution >= 0.6 is 11.6 Å². The Labute approximate surface area is 90.5 Å². The Morgan fingerprint density at radius 2 is 1.87 bits per heavy atom. The molecule has 0 aliphatic carbocycles. The second-order valence-electron chi connectivity index (χ2n) is 2.90. The largest absolute Gasteiger partial charge is 0.419 e. The highest BCUT2D eigenvalue weighted by Crippen LogP contribution is 2.15. The summed E-state index contributed by atoms with van der Waals surface area (Å²) in [5.41, 5.74) is 0.735. The van der Waals surface area contributed by atoms with Gasteiger partial charge in [-0.1, -0.05) is 23.7 Å². The lowest BCUT2D eigenvalue weighted by Crippen LogP contribution is -2.18. The van der Waals surface area contributed by atoms with Crippen molar-refractivity contribution in [1.29, 1.82) is 0 Å². The average molecular weight is 224 g/mol. The molecule has 0 saturated carbocycles. The smallest absolute Gasteiger partial charge is 0.404 e. The fourth-order valence-corrected chi connectivity index (χ4v) is 1.26. The van der Waals surface area contributed by atoms with E-state index >= 15 is 0 Å². The Kier molecular flexibility index (Phi) is 2.43. The van der Waals surface area contributed by atoms with Crippen molar-refractivity contribution in [3.63, 3.8) is 0 Å². The molecule has 0 atom stereocenters. The molecule has 0 aromatic heterocycles. The van der Waals surface area contributed by atoms with Crippen molar-refractivity contribution >= 4 is 29.7 Å². The lowest BCUT2D eigenvalue weighted by Gasteiger charge is -1.95. The fraction of sp³-hybridized carbons (Fsp3) is 0. The van der Waals surface area contributed by atoms with Gasteiger partial charge in [-0.05, 0) is 23.8 Å². The van der Waals surface area contributed by atoms with Gasteiger partial charge in [0.2, 0.25) is 0 Å². The van der Waals surface area contributed by atoms with Crippen LogP contribution < -0.4 is 5.32 Å². The number of cyclic esters (lactones) is 1. The van der Waals surface area contributed by atoms with Crippen LogP contribution in [0.1, 0.15) is 5.56 Å². The average Bonchev–Trinajstić information content (AvgIpc) is 2.49. The number of carbonyl (C=O) groups is 2. The fourth-order valence-electron chi connectivity index (χ4n) is 1.13. The van der Waals surface area contributed by atoms with E-state index in [2.05, 4.69) is 4.74 Å². The third-order valence-corrected chi connectivity index (χ3v) is 2.06. The first-order valence-electron chi connectivity index (χ1n) is 4.15. The molecular weight excluding hydrogens is 218 g/mol. The predicted molar refractivity (Wildman–Crippen MR) is 54.1 cm³/mol. The van der Waals surface area contributed by atoms with E-state index in [1.165, 1.54) is 6.08 Å². The van der Waals surface area contributed by atoms with E-state index in [-0.39, 0.29) is 5.76 Å². The highest BCUT2D eigenvalue weighted by atomic mass is 35.5. The molecule has 2 rings (SSSR count). The number of carbonyl (C=O) groups excluding carboxylic acids is 2. The van der Waals surface area contributed by atoms with E-state index in [9.17, 15) is 9.59 Å². The standard InChI is InChI=1S/C10H6ClNO3/c11-7-3-1-6(2-4-7)5-8-9(13)12-10(14)15-8/h1-5H,(H,12,13,14)/b8-5+. The molecule has 1 saturated heterocycles. The van der Waals surface area contributed by atoms with Gasteiger partial charge in [-0.3, -0.25) is 10.1 Å². The van der Waals surface area contributed by atoms with E-state index in [1.54, 1.807) is 24.3 Å². The molecule has 2 amide bonds. The summed E-state index contributed by atoms with van der Waals surface area (Å²) < 4.78 is 4.64. The molecular formula is C10H6ClNO3. The van der Waals surface area contributed by atoms with Crippen LogP contribution in [0.4, 0.5) is 4.79 Å². The number of nitrogens with one attached hydrogen (secondary N) is 1. The van der Waals surface area contributed by atoms with E-state index in [0.29, 0.717) is 5.02 Å². The topological polar surface area (TPSA) is 55.4 Å². The molecule has 1 aliphatic heterocycles. The molecule has 15 heavy (non-hydrogen) atoms. The van der Waals surface area contributed by atoms with E-state index < -0.39 is 12.0 Å². The summed E-state index contributed by atoms with van der Waals surface area (Å²) in [6, 6.07) is 6.80. The van der Waals surface area contributed by atoms with Crippen molar-refractivity contribution in [2.45, 2.75) is 0 Å². The maximum Gasteiger partial charge on any atom is 0.419 e. The summed E-state index contributed by atoms with van der Waals surface area (Å²) in [7, 11) is 0. The van der Waals surface area contributed by atoms with Crippen molar-refractivity contribution in [1.82, 2.24) is 5.32 Å². The molecule has 0 bridgehead atoms. The van der Waals surface area contributed by atoms with Crippen LogP contribution in [0.15, 0.2) is 30.0 Å². The summed E-state index contributed by atoms with van der Waals surface area (Å²) in [6.07, 6.45) is 0.719. The van der Waals surface area contributed by atoms with Gasteiger partial charge in [0.1, 0.15) is 0 Å². The van der Waals surface area contributed by atoms with Crippen LogP contribution in [0.2, 0.25) is 5.02 Å². The number of rotatable bonds is 1. The maximum absolute atomic E-state index is 11.1. The monoisotopic (exact) mass is 223 g/mol. The van der Waals surface area contributed by atoms with Gasteiger partial charge in [0.15, 0.2) is 5.76 Å². The summed E-state index contributed by atoms with van der Waals surface area (Å²) in [5.74, 6) is -0.544. The molecule has 1 heterocycles. The van der Waals surface area contributed by atoms with Crippen LogP contribution in [0.3, 0.4) is 0 Å². The van der Waals surface area contributed by atoms with Crippen molar-refractivity contribution in [3.8, 4) is 0 Å². The molecule has 0 unspecified atom stereocenters. The third-order valence-electron chi connectivity index (χ3n) is 1.81. The molecule has 1 aromatic carbocycles. The minimum Gasteiger partial charge on any atom is -0.404 e. The van der Waals surface area contributed by atoms with Crippen LogP contribution in [-0.2, 0) is 9.53 Å². The van der Waals surface area contributed by atoms with Crippen molar-refractivity contribution < 1.29 is 14.3 Å². The minimum absolute atomic E-state index is 0.0117. The van der Waals surface area contributed by atoms with Gasteiger partial charge in [0.25, 0.3) is 5.91 Å². The van der Waals surface area contributed by atoms with E-state index in [1.807, 2.05) is 5.32 Å². The number of imide groups is 1. The Morgan fingerprint density at radius 1 is 1.20 bits per heavy atom. The number of alkyl carbamates (subject to hydrolysis) is 1. The highest BCUT2D eigenvalue weighted by Gasteiger charge is 2.25. The van der Waals surface area contributed by atoms with Gasteiger partial charge >= 0.3 is 6.09 Å². The number of hydrogen-bond acceptors (Lipinski definition) is 3. The number of benzene rings is 1. The SMILES string of the molecule is O=C1NC(=O)/C(=C\c2ccc(Cl)cc2)O1. The van der Waals surface area contributed by atoms with Gasteiger partial charge < -0.3 is 4.74 Å². The molecule has 4 nitrogen and oxygen atoms in total. The first kappa shape index (κ1) is 9.73. The Balaban J connectivity index is 2.27. The van der Waals surface area contributed by atoms with Gasteiger partial charge in [0.05, 0.1) is 0 Å². The quantitative estimate of drug-likeness (QED) is 0.741. The Hall–Kier alpha value is -1.81. The summed E-state index contributed by atoms with van der Waals surface area (Å²) in [6.45, 7) is 0. The number of hydrogen-bond donors (Lipinski definition) is 1. The molecule has 0 radical (unpaired) electrons. The van der Waals surface area contributed by atoms with Gasteiger partial charge in [-0.15, -0.1) is 0 Å². The second kappa shape index (κ2) is 3.74. The van der Waals surface area contributed by atoms with E-state index in [0.717, 1.165) is 5.56 Å². The van der Waals surface area contributed by atoms with Gasteiger partial charge in [-0.2, -0.15) is 0 Å². The maximum atomic E-state index is 11.1. The van der Waals surface area contributed by atoms with Crippen molar-refractivity contribution in [3.05, 3.63) is 40.6 Å². The van der Waals surface area contributed by atoms with Gasteiger partial charge in [-0.25, -0.2) is 4.79 Å². The molecule has 0 spiro atoms. The van der Waals surface area contributed by atoms with Crippen LogP contribution in [-0.4, -0.2) is 12.0 Å².